The molecule has 0 aromatic carbocycles. The Kier molecular flexibility index (Phi) is 6.24. The molecule has 10 heavy (non-hydrogen) atoms. The second-order valence-corrected chi connectivity index (χ2v) is 4.50. The molecule has 0 atom stereocenters. The van der Waals surface area contributed by atoms with Gasteiger partial charge in [-0.25, -0.2) is 0 Å². The topological polar surface area (TPSA) is 3.24 Å². The second kappa shape index (κ2) is 6.05. The van der Waals surface area contributed by atoms with Crippen LogP contribution in [-0.2, 0) is 0 Å². The van der Waals surface area contributed by atoms with Crippen LogP contribution in [0, 0.1) is 0 Å². The number of hydrogen-bond donors (Lipinski definition) is 0. The van der Waals surface area contributed by atoms with Crippen molar-refractivity contribution in [2.24, 2.45) is 0 Å². The van der Waals surface area contributed by atoms with Crippen molar-refractivity contribution < 1.29 is 0 Å². The molecule has 0 aliphatic heterocycles. The maximum Gasteiger partial charge on any atom is 0.00693 e. The fourth-order valence-corrected chi connectivity index (χ4v) is 1.49. The molecule has 0 unspecified atom stereocenters. The van der Waals surface area contributed by atoms with Crippen molar-refractivity contribution in [1.29, 1.82) is 0 Å². The van der Waals surface area contributed by atoms with Crippen LogP contribution >= 0.6 is 11.8 Å². The van der Waals surface area contributed by atoms with E-state index in [2.05, 4.69) is 32.7 Å². The van der Waals surface area contributed by atoms with Gasteiger partial charge in [-0.05, 0) is 18.8 Å². The van der Waals surface area contributed by atoms with Crippen molar-refractivity contribution in [3.63, 3.8) is 0 Å². The molecule has 0 radical (unpaired) electrons. The molecule has 0 rings (SSSR count). The standard InChI is InChI=1S/C8H19NS/c1-5-9(4)6-7-10-8(2)3/h8H,5-7H2,1-4H3. The molecule has 1 nitrogen and oxygen atoms in total. The number of nitrogens with zero attached hydrogens (tertiary/aromatic N) is 1. The summed E-state index contributed by atoms with van der Waals surface area (Å²) in [4.78, 5) is 2.34. The zero-order valence-corrected chi connectivity index (χ0v) is 8.37. The molecular formula is C8H19NS. The number of hydrogen-bond acceptors (Lipinski definition) is 2. The highest BCUT2D eigenvalue weighted by molar-refractivity contribution is 7.99. The van der Waals surface area contributed by atoms with Gasteiger partial charge in [-0.1, -0.05) is 20.8 Å². The molecule has 0 aliphatic carbocycles. The molecule has 0 bridgehead atoms. The summed E-state index contributed by atoms with van der Waals surface area (Å²) in [5.41, 5.74) is 0. The summed E-state index contributed by atoms with van der Waals surface area (Å²) < 4.78 is 0. The highest BCUT2D eigenvalue weighted by Crippen LogP contribution is 2.07. The van der Waals surface area contributed by atoms with Crippen LogP contribution in [0.5, 0.6) is 0 Å². The monoisotopic (exact) mass is 161 g/mol. The zero-order chi connectivity index (χ0) is 7.98. The fourth-order valence-electron chi connectivity index (χ4n) is 0.602. The van der Waals surface area contributed by atoms with Gasteiger partial charge >= 0.3 is 0 Å². The molecule has 0 fully saturated rings. The lowest BCUT2D eigenvalue weighted by Gasteiger charge is -2.13. The third-order valence-electron chi connectivity index (χ3n) is 1.46. The maximum absolute atomic E-state index is 2.34. The van der Waals surface area contributed by atoms with E-state index in [1.54, 1.807) is 0 Å². The molecular weight excluding hydrogens is 142 g/mol. The van der Waals surface area contributed by atoms with E-state index in [1.165, 1.54) is 18.8 Å². The van der Waals surface area contributed by atoms with E-state index >= 15 is 0 Å². The van der Waals surface area contributed by atoms with E-state index in [-0.39, 0.29) is 0 Å². The van der Waals surface area contributed by atoms with Gasteiger partial charge in [0, 0.05) is 12.3 Å². The predicted octanol–water partition coefficient (Wildman–Crippen LogP) is 2.08. The first-order chi connectivity index (χ1) is 4.66. The van der Waals surface area contributed by atoms with Crippen molar-refractivity contribution >= 4 is 11.8 Å². The Morgan fingerprint density at radius 2 is 2.00 bits per heavy atom. The number of rotatable bonds is 5. The molecule has 0 spiro atoms. The SMILES string of the molecule is CCN(C)CCSC(C)C. The summed E-state index contributed by atoms with van der Waals surface area (Å²) in [5, 5.41) is 0.783. The largest absolute Gasteiger partial charge is 0.306 e. The molecule has 0 N–H and O–H groups in total. The van der Waals surface area contributed by atoms with Gasteiger partial charge < -0.3 is 4.90 Å². The molecule has 0 aromatic rings. The lowest BCUT2D eigenvalue weighted by atomic mass is 10.6. The normalized spacial score (nSPS) is 11.4. The van der Waals surface area contributed by atoms with Crippen molar-refractivity contribution in [1.82, 2.24) is 4.90 Å². The van der Waals surface area contributed by atoms with Crippen molar-refractivity contribution in [3.05, 3.63) is 0 Å². The van der Waals surface area contributed by atoms with Crippen LogP contribution in [0.3, 0.4) is 0 Å². The summed E-state index contributed by atoms with van der Waals surface area (Å²) in [5.74, 6) is 1.27. The third kappa shape index (κ3) is 6.43. The highest BCUT2D eigenvalue weighted by Gasteiger charge is 1.96. The van der Waals surface area contributed by atoms with E-state index in [0.29, 0.717) is 0 Å². The molecule has 2 heteroatoms. The summed E-state index contributed by atoms with van der Waals surface area (Å²) in [6.45, 7) is 9.07. The minimum Gasteiger partial charge on any atom is -0.306 e. The van der Waals surface area contributed by atoms with Crippen LogP contribution in [0.1, 0.15) is 20.8 Å². The Hall–Kier alpha value is 0.310. The Bertz CT molecular complexity index is 73.7. The van der Waals surface area contributed by atoms with Gasteiger partial charge in [-0.3, -0.25) is 0 Å². The van der Waals surface area contributed by atoms with Crippen LogP contribution in [0.25, 0.3) is 0 Å². The van der Waals surface area contributed by atoms with Gasteiger partial charge in [0.05, 0.1) is 0 Å². The fraction of sp³-hybridized carbons (Fsp3) is 1.00. The van der Waals surface area contributed by atoms with Crippen LogP contribution in [0.4, 0.5) is 0 Å². The Morgan fingerprint density at radius 3 is 2.40 bits per heavy atom. The summed E-state index contributed by atoms with van der Waals surface area (Å²) in [7, 11) is 2.17. The van der Waals surface area contributed by atoms with Crippen molar-refractivity contribution in [2.75, 3.05) is 25.9 Å². The predicted molar refractivity (Wildman–Crippen MR) is 50.8 cm³/mol. The van der Waals surface area contributed by atoms with Gasteiger partial charge in [0.1, 0.15) is 0 Å². The minimum atomic E-state index is 0.783. The van der Waals surface area contributed by atoms with E-state index < -0.39 is 0 Å². The van der Waals surface area contributed by atoms with Gasteiger partial charge in [0.2, 0.25) is 0 Å². The third-order valence-corrected chi connectivity index (χ3v) is 2.55. The van der Waals surface area contributed by atoms with Gasteiger partial charge in [-0.15, -0.1) is 0 Å². The molecule has 0 saturated heterocycles. The quantitative estimate of drug-likeness (QED) is 0.607. The molecule has 0 saturated carbocycles. The van der Waals surface area contributed by atoms with E-state index in [1.807, 2.05) is 11.8 Å². The Morgan fingerprint density at radius 1 is 1.40 bits per heavy atom. The van der Waals surface area contributed by atoms with Crippen molar-refractivity contribution in [2.45, 2.75) is 26.0 Å². The van der Waals surface area contributed by atoms with E-state index in [9.17, 15) is 0 Å². The van der Waals surface area contributed by atoms with Crippen LogP contribution in [0.2, 0.25) is 0 Å². The first-order valence-corrected chi connectivity index (χ1v) is 5.01. The summed E-state index contributed by atoms with van der Waals surface area (Å²) in [6.07, 6.45) is 0. The maximum atomic E-state index is 2.34. The average Bonchev–Trinajstić information content (AvgIpc) is 1.87. The molecule has 0 aliphatic rings. The second-order valence-electron chi connectivity index (χ2n) is 2.82. The zero-order valence-electron chi connectivity index (χ0n) is 7.55. The van der Waals surface area contributed by atoms with Gasteiger partial charge in [0.25, 0.3) is 0 Å². The molecule has 0 aromatic heterocycles. The first kappa shape index (κ1) is 10.3. The average molecular weight is 161 g/mol. The molecule has 0 amide bonds. The van der Waals surface area contributed by atoms with Crippen LogP contribution in [-0.4, -0.2) is 36.0 Å². The summed E-state index contributed by atoms with van der Waals surface area (Å²) in [6, 6.07) is 0. The highest BCUT2D eigenvalue weighted by atomic mass is 32.2. The molecule has 0 heterocycles. The lowest BCUT2D eigenvalue weighted by Crippen LogP contribution is -2.20. The smallest absolute Gasteiger partial charge is 0.00693 e. The van der Waals surface area contributed by atoms with Crippen molar-refractivity contribution in [3.8, 4) is 0 Å². The van der Waals surface area contributed by atoms with Crippen LogP contribution < -0.4 is 0 Å². The Balaban J connectivity index is 3.03. The summed E-state index contributed by atoms with van der Waals surface area (Å²) >= 11 is 2.03. The minimum absolute atomic E-state index is 0.783. The number of thioether (sulfide) groups is 1. The van der Waals surface area contributed by atoms with Gasteiger partial charge in [-0.2, -0.15) is 11.8 Å². The molecule has 62 valence electrons. The van der Waals surface area contributed by atoms with Gasteiger partial charge in [0.15, 0.2) is 0 Å². The lowest BCUT2D eigenvalue weighted by molar-refractivity contribution is 0.376. The Labute approximate surface area is 69.2 Å². The van der Waals surface area contributed by atoms with Crippen LogP contribution in [0.15, 0.2) is 0 Å². The van der Waals surface area contributed by atoms with E-state index in [0.717, 1.165) is 5.25 Å². The van der Waals surface area contributed by atoms with E-state index in [4.69, 9.17) is 0 Å². The first-order valence-electron chi connectivity index (χ1n) is 3.97.